The molecule has 0 unspecified atom stereocenters. The summed E-state index contributed by atoms with van der Waals surface area (Å²) in [6.07, 6.45) is -6.78. The molecule has 4 rings (SSSR count). The van der Waals surface area contributed by atoms with Gasteiger partial charge < -0.3 is 19.5 Å². The summed E-state index contributed by atoms with van der Waals surface area (Å²) in [5.74, 6) is -1.92. The number of carboxylic acids is 1. The van der Waals surface area contributed by atoms with Crippen molar-refractivity contribution in [1.29, 1.82) is 0 Å². The number of likely N-dealkylation sites (tertiary alicyclic amines) is 1. The van der Waals surface area contributed by atoms with Crippen molar-refractivity contribution in [3.05, 3.63) is 59.7 Å². The van der Waals surface area contributed by atoms with Crippen molar-refractivity contribution >= 4 is 18.2 Å². The van der Waals surface area contributed by atoms with Crippen molar-refractivity contribution in [2.75, 3.05) is 26.2 Å². The number of nitrogens with zero attached hydrogens (tertiary/aromatic N) is 2. The minimum Gasteiger partial charge on any atom is -0.479 e. The SMILES string of the molecule is CC(C)(C)OC(=O)N1CC(C(=O)O)(N(CC(C)(C)C(F)(F)F)C(=O)OCC2c3ccccc3-c3ccccc32)C1. The van der Waals surface area contributed by atoms with Crippen LogP contribution in [0.1, 0.15) is 51.7 Å². The van der Waals surface area contributed by atoms with E-state index in [0.29, 0.717) is 4.90 Å². The molecule has 1 heterocycles. The van der Waals surface area contributed by atoms with E-state index in [2.05, 4.69) is 0 Å². The van der Waals surface area contributed by atoms with Gasteiger partial charge in [-0.05, 0) is 56.9 Å². The van der Waals surface area contributed by atoms with Crippen molar-refractivity contribution < 1.29 is 42.1 Å². The molecule has 2 aromatic carbocycles. The van der Waals surface area contributed by atoms with E-state index >= 15 is 0 Å². The number of hydrogen-bond donors (Lipinski definition) is 1. The first-order valence-corrected chi connectivity index (χ1v) is 12.9. The van der Waals surface area contributed by atoms with E-state index in [4.69, 9.17) is 9.47 Å². The number of carbonyl (C=O) groups is 3. The van der Waals surface area contributed by atoms with Gasteiger partial charge >= 0.3 is 24.3 Å². The van der Waals surface area contributed by atoms with Gasteiger partial charge in [-0.25, -0.2) is 14.4 Å². The molecule has 40 heavy (non-hydrogen) atoms. The van der Waals surface area contributed by atoms with Gasteiger partial charge in [-0.15, -0.1) is 0 Å². The molecule has 216 valence electrons. The van der Waals surface area contributed by atoms with Gasteiger partial charge in [-0.1, -0.05) is 48.5 Å². The highest BCUT2D eigenvalue weighted by Gasteiger charge is 2.61. The van der Waals surface area contributed by atoms with Crippen molar-refractivity contribution in [3.63, 3.8) is 0 Å². The molecule has 2 aliphatic rings. The van der Waals surface area contributed by atoms with Crippen molar-refractivity contribution in [2.24, 2.45) is 5.41 Å². The Morgan fingerprint density at radius 3 is 1.90 bits per heavy atom. The number of carboxylic acid groups (broad SMARTS) is 1. The summed E-state index contributed by atoms with van der Waals surface area (Å²) in [5.41, 5.74) is -1.75. The first kappa shape index (κ1) is 29.2. The van der Waals surface area contributed by atoms with E-state index in [1.807, 2.05) is 48.5 Å². The number of aliphatic carboxylic acids is 1. The second-order valence-corrected chi connectivity index (χ2v) is 11.9. The van der Waals surface area contributed by atoms with E-state index < -0.39 is 60.5 Å². The zero-order valence-corrected chi connectivity index (χ0v) is 23.0. The first-order valence-electron chi connectivity index (χ1n) is 12.9. The molecule has 1 fully saturated rings. The Labute approximate surface area is 230 Å². The largest absolute Gasteiger partial charge is 0.479 e. The van der Waals surface area contributed by atoms with Crippen LogP contribution in [0.4, 0.5) is 22.8 Å². The molecule has 0 saturated carbocycles. The number of fused-ring (bicyclic) bond motifs is 3. The normalized spacial score (nSPS) is 16.4. The second kappa shape index (κ2) is 10.0. The van der Waals surface area contributed by atoms with Crippen LogP contribution in [0.5, 0.6) is 0 Å². The summed E-state index contributed by atoms with van der Waals surface area (Å²) in [5, 5.41) is 10.2. The lowest BCUT2D eigenvalue weighted by molar-refractivity contribution is -0.222. The van der Waals surface area contributed by atoms with Gasteiger partial charge in [0, 0.05) is 12.5 Å². The molecule has 2 amide bonds. The maximum atomic E-state index is 13.9. The quantitative estimate of drug-likeness (QED) is 0.471. The number of hydrogen-bond acceptors (Lipinski definition) is 5. The van der Waals surface area contributed by atoms with Gasteiger partial charge in [-0.2, -0.15) is 13.2 Å². The predicted octanol–water partition coefficient (Wildman–Crippen LogP) is 5.90. The summed E-state index contributed by atoms with van der Waals surface area (Å²) >= 11 is 0. The van der Waals surface area contributed by atoms with Crippen LogP contribution in [0.2, 0.25) is 0 Å². The fourth-order valence-corrected chi connectivity index (χ4v) is 5.01. The van der Waals surface area contributed by atoms with Crippen molar-refractivity contribution in [1.82, 2.24) is 9.80 Å². The highest BCUT2D eigenvalue weighted by Crippen LogP contribution is 2.45. The summed E-state index contributed by atoms with van der Waals surface area (Å²) < 4.78 is 52.6. The van der Waals surface area contributed by atoms with Gasteiger partial charge in [-0.3, -0.25) is 4.90 Å². The molecule has 1 aliphatic carbocycles. The van der Waals surface area contributed by atoms with Crippen molar-refractivity contribution in [3.8, 4) is 11.1 Å². The van der Waals surface area contributed by atoms with Gasteiger partial charge in [0.25, 0.3) is 0 Å². The summed E-state index contributed by atoms with van der Waals surface area (Å²) in [6.45, 7) is 4.37. The molecule has 0 atom stereocenters. The van der Waals surface area contributed by atoms with E-state index in [0.717, 1.165) is 41.0 Å². The highest BCUT2D eigenvalue weighted by molar-refractivity contribution is 5.89. The third-order valence-electron chi connectivity index (χ3n) is 7.35. The van der Waals surface area contributed by atoms with Crippen LogP contribution in [0.25, 0.3) is 11.1 Å². The van der Waals surface area contributed by atoms with E-state index in [1.54, 1.807) is 20.8 Å². The smallest absolute Gasteiger partial charge is 0.410 e. The highest BCUT2D eigenvalue weighted by atomic mass is 19.4. The zero-order valence-electron chi connectivity index (χ0n) is 23.0. The lowest BCUT2D eigenvalue weighted by Gasteiger charge is -2.53. The van der Waals surface area contributed by atoms with Crippen LogP contribution >= 0.6 is 0 Å². The molecule has 11 heteroatoms. The number of halogens is 3. The molecule has 1 saturated heterocycles. The van der Waals surface area contributed by atoms with E-state index in [-0.39, 0.29) is 12.5 Å². The molecule has 2 aromatic rings. The van der Waals surface area contributed by atoms with Crippen LogP contribution in [0.3, 0.4) is 0 Å². The minimum absolute atomic E-state index is 0.207. The lowest BCUT2D eigenvalue weighted by atomic mass is 9.84. The average Bonchev–Trinajstić information content (AvgIpc) is 3.13. The number of amides is 2. The third kappa shape index (κ3) is 5.33. The third-order valence-corrected chi connectivity index (χ3v) is 7.35. The predicted molar refractivity (Wildman–Crippen MR) is 140 cm³/mol. The number of rotatable bonds is 6. The molecule has 1 aliphatic heterocycles. The van der Waals surface area contributed by atoms with Gasteiger partial charge in [0.2, 0.25) is 0 Å². The second-order valence-electron chi connectivity index (χ2n) is 11.9. The fourth-order valence-electron chi connectivity index (χ4n) is 5.01. The number of ether oxygens (including phenoxy) is 2. The Morgan fingerprint density at radius 2 is 1.45 bits per heavy atom. The molecular weight excluding hydrogens is 529 g/mol. The number of carbonyl (C=O) groups excluding carboxylic acids is 2. The summed E-state index contributed by atoms with van der Waals surface area (Å²) in [4.78, 5) is 40.2. The molecule has 8 nitrogen and oxygen atoms in total. The van der Waals surface area contributed by atoms with Crippen LogP contribution in [0.15, 0.2) is 48.5 Å². The Morgan fingerprint density at radius 1 is 0.950 bits per heavy atom. The lowest BCUT2D eigenvalue weighted by Crippen LogP contribution is -2.77. The zero-order chi connectivity index (χ0) is 29.7. The fraction of sp³-hybridized carbons (Fsp3) is 0.483. The van der Waals surface area contributed by atoms with Gasteiger partial charge in [0.1, 0.15) is 12.2 Å². The molecule has 0 radical (unpaired) electrons. The number of alkyl halides is 3. The summed E-state index contributed by atoms with van der Waals surface area (Å²) in [7, 11) is 0. The average molecular weight is 563 g/mol. The molecule has 0 spiro atoms. The van der Waals surface area contributed by atoms with E-state index in [9.17, 15) is 32.7 Å². The first-order chi connectivity index (χ1) is 18.5. The van der Waals surface area contributed by atoms with Crippen LogP contribution in [-0.2, 0) is 14.3 Å². The maximum absolute atomic E-state index is 13.9. The Bertz CT molecular complexity index is 1270. The van der Waals surface area contributed by atoms with Crippen LogP contribution in [-0.4, -0.2) is 76.6 Å². The molecule has 1 N–H and O–H groups in total. The molecule has 0 aromatic heterocycles. The standard InChI is InChI=1S/C29H33F3N2O6/c1-26(2,3)40-24(37)33-16-28(17-33,23(35)36)34(15-27(4,5)29(30,31)32)25(38)39-14-22-20-12-8-6-10-18(20)19-11-7-9-13-21(19)22/h6-13,22H,14-17H2,1-5H3,(H,35,36). The van der Waals surface area contributed by atoms with Crippen molar-refractivity contribution in [2.45, 2.75) is 57.9 Å². The monoisotopic (exact) mass is 562 g/mol. The van der Waals surface area contributed by atoms with E-state index in [1.165, 1.54) is 0 Å². The molecule has 0 bridgehead atoms. The Hall–Kier alpha value is -3.76. The topological polar surface area (TPSA) is 96.4 Å². The number of benzene rings is 2. The minimum atomic E-state index is -4.75. The molecular formula is C29H33F3N2O6. The Kier molecular flexibility index (Phi) is 7.32. The summed E-state index contributed by atoms with van der Waals surface area (Å²) in [6, 6.07) is 15.1. The maximum Gasteiger partial charge on any atom is 0.410 e. The van der Waals surface area contributed by atoms with Crippen LogP contribution in [0, 0.1) is 5.41 Å². The van der Waals surface area contributed by atoms with Crippen LogP contribution < -0.4 is 0 Å². The Balaban J connectivity index is 1.61. The van der Waals surface area contributed by atoms with Gasteiger partial charge in [0.15, 0.2) is 5.54 Å². The van der Waals surface area contributed by atoms with Gasteiger partial charge in [0.05, 0.1) is 18.5 Å².